The highest BCUT2D eigenvalue weighted by Crippen LogP contribution is 2.19. The van der Waals surface area contributed by atoms with E-state index in [-0.39, 0.29) is 0 Å². The molecule has 4 heteroatoms. The number of H-pyrrole nitrogens is 1. The van der Waals surface area contributed by atoms with Gasteiger partial charge in [-0.3, -0.25) is 4.99 Å². The van der Waals surface area contributed by atoms with Gasteiger partial charge < -0.3 is 15.6 Å². The molecular weight excluding hydrogens is 236 g/mol. The number of rotatable bonds is 3. The van der Waals surface area contributed by atoms with Crippen molar-refractivity contribution in [3.05, 3.63) is 35.5 Å². The van der Waals surface area contributed by atoms with Gasteiger partial charge >= 0.3 is 0 Å². The zero-order chi connectivity index (χ0) is 13.2. The van der Waals surface area contributed by atoms with E-state index in [1.165, 1.54) is 22.0 Å². The van der Waals surface area contributed by atoms with Crippen LogP contribution in [0.4, 0.5) is 0 Å². The highest BCUT2D eigenvalue weighted by molar-refractivity contribution is 5.84. The van der Waals surface area contributed by atoms with Crippen LogP contribution in [-0.2, 0) is 6.42 Å². The number of benzene rings is 1. The Kier molecular flexibility index (Phi) is 3.15. The van der Waals surface area contributed by atoms with Gasteiger partial charge in [0.2, 0.25) is 0 Å². The molecule has 0 amide bonds. The first kappa shape index (κ1) is 12.1. The van der Waals surface area contributed by atoms with Gasteiger partial charge in [0.1, 0.15) is 0 Å². The van der Waals surface area contributed by atoms with E-state index >= 15 is 0 Å². The molecular formula is C15H20N4. The Hall–Kier alpha value is -1.97. The molecule has 3 N–H and O–H groups in total. The van der Waals surface area contributed by atoms with E-state index in [2.05, 4.69) is 58.9 Å². The summed E-state index contributed by atoms with van der Waals surface area (Å²) in [6.45, 7) is 6.03. The van der Waals surface area contributed by atoms with Crippen molar-refractivity contribution in [3.8, 4) is 0 Å². The van der Waals surface area contributed by atoms with Gasteiger partial charge in [0.15, 0.2) is 5.96 Å². The maximum atomic E-state index is 4.40. The number of aliphatic imine (C=N–C) groups is 1. The lowest BCUT2D eigenvalue weighted by Gasteiger charge is -2.08. The van der Waals surface area contributed by atoms with Crippen LogP contribution in [0.25, 0.3) is 10.9 Å². The number of hydrogen-bond acceptors (Lipinski definition) is 3. The second-order valence-corrected chi connectivity index (χ2v) is 5.27. The Morgan fingerprint density at radius 2 is 2.32 bits per heavy atom. The number of aromatic amines is 1. The molecule has 1 aliphatic heterocycles. The maximum absolute atomic E-state index is 4.40. The van der Waals surface area contributed by atoms with Gasteiger partial charge in [-0.05, 0) is 37.5 Å². The standard InChI is InChI=1S/C15H20N4/c1-10-3-4-13-12(9-17-14(13)7-10)5-6-16-15-18-8-11(2)19-15/h3-4,7,9,11,17H,5-6,8H2,1-2H3,(H2,16,18,19). The van der Waals surface area contributed by atoms with E-state index in [0.717, 1.165) is 25.5 Å². The van der Waals surface area contributed by atoms with Crippen LogP contribution in [0.5, 0.6) is 0 Å². The molecule has 4 nitrogen and oxygen atoms in total. The SMILES string of the molecule is Cc1ccc2c(CCNC3=NCC(C)N3)c[nH]c2c1. The van der Waals surface area contributed by atoms with Crippen molar-refractivity contribution in [2.45, 2.75) is 26.3 Å². The average molecular weight is 256 g/mol. The summed E-state index contributed by atoms with van der Waals surface area (Å²) in [7, 11) is 0. The van der Waals surface area contributed by atoms with E-state index in [4.69, 9.17) is 0 Å². The Bertz CT molecular complexity index is 612. The van der Waals surface area contributed by atoms with E-state index in [0.29, 0.717) is 6.04 Å². The lowest BCUT2D eigenvalue weighted by atomic mass is 10.1. The van der Waals surface area contributed by atoms with Crippen molar-refractivity contribution in [3.63, 3.8) is 0 Å². The molecule has 1 aromatic heterocycles. The first-order valence-electron chi connectivity index (χ1n) is 6.84. The molecule has 1 aromatic carbocycles. The molecule has 0 saturated heterocycles. The zero-order valence-corrected chi connectivity index (χ0v) is 11.5. The number of aryl methyl sites for hydroxylation is 1. The minimum atomic E-state index is 0.457. The van der Waals surface area contributed by atoms with Gasteiger partial charge in [0.05, 0.1) is 6.54 Å². The van der Waals surface area contributed by atoms with E-state index in [9.17, 15) is 0 Å². The molecule has 1 aliphatic rings. The lowest BCUT2D eigenvalue weighted by molar-refractivity contribution is 0.712. The molecule has 100 valence electrons. The third-order valence-corrected chi connectivity index (χ3v) is 3.52. The van der Waals surface area contributed by atoms with Gasteiger partial charge in [-0.25, -0.2) is 0 Å². The van der Waals surface area contributed by atoms with Crippen LogP contribution >= 0.6 is 0 Å². The second kappa shape index (κ2) is 4.96. The van der Waals surface area contributed by atoms with Crippen LogP contribution in [0.2, 0.25) is 0 Å². The van der Waals surface area contributed by atoms with Crippen molar-refractivity contribution < 1.29 is 0 Å². The molecule has 2 heterocycles. The van der Waals surface area contributed by atoms with Crippen molar-refractivity contribution in [2.24, 2.45) is 4.99 Å². The molecule has 0 aliphatic carbocycles. The Labute approximate surface area is 113 Å². The lowest BCUT2D eigenvalue weighted by Crippen LogP contribution is -2.38. The van der Waals surface area contributed by atoms with Gasteiger partial charge in [-0.1, -0.05) is 12.1 Å². The van der Waals surface area contributed by atoms with Crippen LogP contribution < -0.4 is 10.6 Å². The summed E-state index contributed by atoms with van der Waals surface area (Å²) in [6, 6.07) is 7.01. The normalized spacial score (nSPS) is 18.4. The molecule has 0 saturated carbocycles. The smallest absolute Gasteiger partial charge is 0.191 e. The predicted molar refractivity (Wildman–Crippen MR) is 79.6 cm³/mol. The summed E-state index contributed by atoms with van der Waals surface area (Å²) in [5.74, 6) is 0.934. The highest BCUT2D eigenvalue weighted by atomic mass is 15.2. The topological polar surface area (TPSA) is 52.2 Å². The third kappa shape index (κ3) is 2.57. The van der Waals surface area contributed by atoms with Crippen LogP contribution in [-0.4, -0.2) is 30.1 Å². The Morgan fingerprint density at radius 3 is 3.11 bits per heavy atom. The van der Waals surface area contributed by atoms with Gasteiger partial charge in [-0.2, -0.15) is 0 Å². The minimum Gasteiger partial charge on any atom is -0.361 e. The Morgan fingerprint density at radius 1 is 1.42 bits per heavy atom. The molecule has 1 unspecified atom stereocenters. The molecule has 0 radical (unpaired) electrons. The number of guanidine groups is 1. The minimum absolute atomic E-state index is 0.457. The summed E-state index contributed by atoms with van der Waals surface area (Å²) in [6.07, 6.45) is 3.11. The zero-order valence-electron chi connectivity index (χ0n) is 11.5. The average Bonchev–Trinajstić information content (AvgIpc) is 2.96. The first-order valence-corrected chi connectivity index (χ1v) is 6.84. The monoisotopic (exact) mass is 256 g/mol. The third-order valence-electron chi connectivity index (χ3n) is 3.52. The maximum Gasteiger partial charge on any atom is 0.191 e. The Balaban J connectivity index is 1.63. The summed E-state index contributed by atoms with van der Waals surface area (Å²) in [4.78, 5) is 7.74. The van der Waals surface area contributed by atoms with Crippen molar-refractivity contribution in [1.29, 1.82) is 0 Å². The van der Waals surface area contributed by atoms with Crippen LogP contribution in [0, 0.1) is 6.92 Å². The summed E-state index contributed by atoms with van der Waals surface area (Å²) in [5, 5.41) is 7.98. The van der Waals surface area contributed by atoms with Gasteiger partial charge in [0, 0.05) is 29.7 Å². The highest BCUT2D eigenvalue weighted by Gasteiger charge is 2.11. The van der Waals surface area contributed by atoms with Crippen molar-refractivity contribution in [2.75, 3.05) is 13.1 Å². The van der Waals surface area contributed by atoms with Crippen LogP contribution in [0.15, 0.2) is 29.4 Å². The van der Waals surface area contributed by atoms with Gasteiger partial charge in [-0.15, -0.1) is 0 Å². The number of nitrogens with zero attached hydrogens (tertiary/aromatic N) is 1. The molecule has 0 bridgehead atoms. The van der Waals surface area contributed by atoms with Crippen LogP contribution in [0.1, 0.15) is 18.1 Å². The number of hydrogen-bond donors (Lipinski definition) is 3. The fraction of sp³-hybridized carbons (Fsp3) is 0.400. The first-order chi connectivity index (χ1) is 9.22. The number of nitrogens with one attached hydrogen (secondary N) is 3. The number of aromatic nitrogens is 1. The van der Waals surface area contributed by atoms with Gasteiger partial charge in [0.25, 0.3) is 0 Å². The fourth-order valence-electron chi connectivity index (χ4n) is 2.48. The van der Waals surface area contributed by atoms with E-state index in [1.807, 2.05) is 0 Å². The summed E-state index contributed by atoms with van der Waals surface area (Å²) in [5.41, 5.74) is 3.87. The van der Waals surface area contributed by atoms with E-state index < -0.39 is 0 Å². The predicted octanol–water partition coefficient (Wildman–Crippen LogP) is 1.96. The second-order valence-electron chi connectivity index (χ2n) is 5.27. The van der Waals surface area contributed by atoms with Crippen LogP contribution in [0.3, 0.4) is 0 Å². The van der Waals surface area contributed by atoms with Crippen molar-refractivity contribution >= 4 is 16.9 Å². The quantitative estimate of drug-likeness (QED) is 0.786. The molecule has 2 aromatic rings. The molecule has 0 spiro atoms. The largest absolute Gasteiger partial charge is 0.361 e. The molecule has 19 heavy (non-hydrogen) atoms. The number of fused-ring (bicyclic) bond motifs is 1. The fourth-order valence-corrected chi connectivity index (χ4v) is 2.48. The molecule has 0 fully saturated rings. The van der Waals surface area contributed by atoms with E-state index in [1.54, 1.807) is 0 Å². The summed E-state index contributed by atoms with van der Waals surface area (Å²) >= 11 is 0. The molecule has 1 atom stereocenters. The van der Waals surface area contributed by atoms with Crippen molar-refractivity contribution in [1.82, 2.24) is 15.6 Å². The molecule has 3 rings (SSSR count). The summed E-state index contributed by atoms with van der Waals surface area (Å²) < 4.78 is 0.